The van der Waals surface area contributed by atoms with Crippen LogP contribution in [0, 0.1) is 6.92 Å². The molecule has 116 valence electrons. The highest BCUT2D eigenvalue weighted by molar-refractivity contribution is 7.16. The molecule has 0 bridgehead atoms. The van der Waals surface area contributed by atoms with Crippen molar-refractivity contribution in [3.05, 3.63) is 57.4 Å². The van der Waals surface area contributed by atoms with Crippen molar-refractivity contribution < 1.29 is 4.74 Å². The van der Waals surface area contributed by atoms with Crippen LogP contribution in [0.15, 0.2) is 36.4 Å². The highest BCUT2D eigenvalue weighted by Crippen LogP contribution is 2.42. The van der Waals surface area contributed by atoms with Gasteiger partial charge in [-0.1, -0.05) is 17.7 Å². The summed E-state index contributed by atoms with van der Waals surface area (Å²) in [6.07, 6.45) is 0.913. The third-order valence-electron chi connectivity index (χ3n) is 4.04. The number of aromatic nitrogens is 1. The molecule has 2 aromatic carbocycles. The lowest BCUT2D eigenvalue weighted by atomic mass is 10.1. The first-order valence-electron chi connectivity index (χ1n) is 7.34. The topological polar surface area (TPSA) is 34.1 Å². The molecule has 0 fully saturated rings. The standard InChI is InChI=1S/C18H15ClN2OS/c1-10-3-4-12(9-15(10)19)20-18-21-17-14-6-5-13(22-2)7-11(14)8-16(17)23-18/h3-7,9H,8H2,1-2H3,(H,20,21). The number of anilines is 2. The zero-order valence-electron chi connectivity index (χ0n) is 12.8. The van der Waals surface area contributed by atoms with Crippen LogP contribution in [0.3, 0.4) is 0 Å². The van der Waals surface area contributed by atoms with Crippen molar-refractivity contribution in [2.75, 3.05) is 12.4 Å². The van der Waals surface area contributed by atoms with Gasteiger partial charge in [0.1, 0.15) is 5.75 Å². The molecule has 1 heterocycles. The molecule has 4 rings (SSSR count). The van der Waals surface area contributed by atoms with Gasteiger partial charge >= 0.3 is 0 Å². The van der Waals surface area contributed by atoms with Gasteiger partial charge in [-0.05, 0) is 48.4 Å². The molecule has 0 saturated carbocycles. The van der Waals surface area contributed by atoms with Crippen LogP contribution in [0.2, 0.25) is 5.02 Å². The summed E-state index contributed by atoms with van der Waals surface area (Å²) in [6.45, 7) is 2.00. The quantitative estimate of drug-likeness (QED) is 0.539. The van der Waals surface area contributed by atoms with E-state index in [-0.39, 0.29) is 0 Å². The van der Waals surface area contributed by atoms with Crippen molar-refractivity contribution in [1.29, 1.82) is 0 Å². The summed E-state index contributed by atoms with van der Waals surface area (Å²) in [4.78, 5) is 6.04. The van der Waals surface area contributed by atoms with E-state index in [0.717, 1.165) is 39.3 Å². The number of halogens is 1. The molecule has 5 heteroatoms. The number of hydrogen-bond donors (Lipinski definition) is 1. The van der Waals surface area contributed by atoms with Crippen LogP contribution in [0.25, 0.3) is 11.3 Å². The van der Waals surface area contributed by atoms with Gasteiger partial charge in [0.05, 0.1) is 12.8 Å². The smallest absolute Gasteiger partial charge is 0.187 e. The zero-order valence-corrected chi connectivity index (χ0v) is 14.4. The second kappa shape index (κ2) is 5.55. The molecule has 3 nitrogen and oxygen atoms in total. The van der Waals surface area contributed by atoms with Gasteiger partial charge in [0.2, 0.25) is 0 Å². The Labute approximate surface area is 143 Å². The lowest BCUT2D eigenvalue weighted by Gasteiger charge is -2.06. The molecular formula is C18H15ClN2OS. The highest BCUT2D eigenvalue weighted by Gasteiger charge is 2.23. The summed E-state index contributed by atoms with van der Waals surface area (Å²) in [5.41, 5.74) is 5.59. The molecule has 1 aromatic heterocycles. The summed E-state index contributed by atoms with van der Waals surface area (Å²) in [6, 6.07) is 12.1. The maximum Gasteiger partial charge on any atom is 0.187 e. The number of aryl methyl sites for hydroxylation is 1. The molecule has 0 atom stereocenters. The largest absolute Gasteiger partial charge is 0.497 e. The van der Waals surface area contributed by atoms with Gasteiger partial charge in [-0.15, -0.1) is 11.3 Å². The summed E-state index contributed by atoms with van der Waals surface area (Å²) in [5.74, 6) is 0.895. The second-order valence-corrected chi connectivity index (χ2v) is 7.07. The Balaban J connectivity index is 1.63. The molecule has 0 spiro atoms. The van der Waals surface area contributed by atoms with Gasteiger partial charge in [-0.25, -0.2) is 4.98 Å². The Kier molecular flexibility index (Phi) is 3.51. The number of fused-ring (bicyclic) bond motifs is 3. The number of nitrogens with zero attached hydrogens (tertiary/aromatic N) is 1. The number of hydrogen-bond acceptors (Lipinski definition) is 4. The van der Waals surface area contributed by atoms with Crippen molar-refractivity contribution in [1.82, 2.24) is 4.98 Å². The summed E-state index contributed by atoms with van der Waals surface area (Å²) in [7, 11) is 1.69. The van der Waals surface area contributed by atoms with Gasteiger partial charge in [-0.2, -0.15) is 0 Å². The first kappa shape index (κ1) is 14.5. The van der Waals surface area contributed by atoms with Crippen LogP contribution in [-0.4, -0.2) is 12.1 Å². The minimum Gasteiger partial charge on any atom is -0.497 e. The molecule has 0 aliphatic heterocycles. The van der Waals surface area contributed by atoms with Gasteiger partial charge < -0.3 is 10.1 Å². The molecule has 3 aromatic rings. The van der Waals surface area contributed by atoms with E-state index in [1.54, 1.807) is 18.4 Å². The number of ether oxygens (including phenoxy) is 1. The lowest BCUT2D eigenvalue weighted by molar-refractivity contribution is 0.414. The number of rotatable bonds is 3. The molecule has 1 aliphatic rings. The summed E-state index contributed by atoms with van der Waals surface area (Å²) in [5, 5.41) is 5.01. The van der Waals surface area contributed by atoms with Crippen LogP contribution < -0.4 is 10.1 Å². The lowest BCUT2D eigenvalue weighted by Crippen LogP contribution is -1.91. The molecule has 1 aliphatic carbocycles. The van der Waals surface area contributed by atoms with Gasteiger partial charge in [-0.3, -0.25) is 0 Å². The van der Waals surface area contributed by atoms with Crippen molar-refractivity contribution in [2.45, 2.75) is 13.3 Å². The van der Waals surface area contributed by atoms with Crippen molar-refractivity contribution in [3.63, 3.8) is 0 Å². The van der Waals surface area contributed by atoms with E-state index in [1.165, 1.54) is 16.0 Å². The molecule has 23 heavy (non-hydrogen) atoms. The monoisotopic (exact) mass is 342 g/mol. The third kappa shape index (κ3) is 2.58. The zero-order chi connectivity index (χ0) is 16.0. The third-order valence-corrected chi connectivity index (χ3v) is 5.42. The maximum atomic E-state index is 6.18. The number of nitrogens with one attached hydrogen (secondary N) is 1. The average molecular weight is 343 g/mol. The molecule has 0 radical (unpaired) electrons. The Morgan fingerprint density at radius 2 is 2.09 bits per heavy atom. The minimum absolute atomic E-state index is 0.761. The second-order valence-electron chi connectivity index (χ2n) is 5.58. The Bertz CT molecular complexity index is 904. The first-order valence-corrected chi connectivity index (χ1v) is 8.53. The normalized spacial score (nSPS) is 12.0. The summed E-state index contributed by atoms with van der Waals surface area (Å²) >= 11 is 7.87. The number of methoxy groups -OCH3 is 1. The Morgan fingerprint density at radius 3 is 2.87 bits per heavy atom. The van der Waals surface area contributed by atoms with Gasteiger partial charge in [0.25, 0.3) is 0 Å². The first-order chi connectivity index (χ1) is 11.1. The fraction of sp³-hybridized carbons (Fsp3) is 0.167. The van der Waals surface area contributed by atoms with Crippen LogP contribution in [-0.2, 0) is 6.42 Å². The summed E-state index contributed by atoms with van der Waals surface area (Å²) < 4.78 is 5.30. The van der Waals surface area contributed by atoms with Crippen LogP contribution in [0.1, 0.15) is 16.0 Å². The molecule has 0 amide bonds. The van der Waals surface area contributed by atoms with E-state index in [0.29, 0.717) is 0 Å². The van der Waals surface area contributed by atoms with E-state index in [4.69, 9.17) is 21.3 Å². The van der Waals surface area contributed by atoms with E-state index in [9.17, 15) is 0 Å². The number of benzene rings is 2. The average Bonchev–Trinajstić information content (AvgIpc) is 3.07. The van der Waals surface area contributed by atoms with E-state index in [2.05, 4.69) is 17.4 Å². The molecule has 0 saturated heterocycles. The SMILES string of the molecule is COc1ccc2c(c1)Cc1sc(Nc3ccc(C)c(Cl)c3)nc1-2. The Hall–Kier alpha value is -2.04. The van der Waals surface area contributed by atoms with E-state index >= 15 is 0 Å². The van der Waals surface area contributed by atoms with E-state index in [1.807, 2.05) is 31.2 Å². The molecule has 0 unspecified atom stereocenters. The Morgan fingerprint density at radius 1 is 1.22 bits per heavy atom. The van der Waals surface area contributed by atoms with Crippen LogP contribution >= 0.6 is 22.9 Å². The predicted molar refractivity (Wildman–Crippen MR) is 96.4 cm³/mol. The molecule has 1 N–H and O–H groups in total. The maximum absolute atomic E-state index is 6.18. The minimum atomic E-state index is 0.761. The van der Waals surface area contributed by atoms with Crippen molar-refractivity contribution in [2.24, 2.45) is 0 Å². The highest BCUT2D eigenvalue weighted by atomic mass is 35.5. The fourth-order valence-corrected chi connectivity index (χ4v) is 3.98. The van der Waals surface area contributed by atoms with Crippen LogP contribution in [0.4, 0.5) is 10.8 Å². The fourth-order valence-electron chi connectivity index (χ4n) is 2.78. The van der Waals surface area contributed by atoms with Crippen molar-refractivity contribution in [3.8, 4) is 17.0 Å². The van der Waals surface area contributed by atoms with Gasteiger partial charge in [0, 0.05) is 27.6 Å². The van der Waals surface area contributed by atoms with Gasteiger partial charge in [0.15, 0.2) is 5.13 Å². The van der Waals surface area contributed by atoms with Crippen molar-refractivity contribution >= 4 is 33.8 Å². The number of thiazole rings is 1. The predicted octanol–water partition coefficient (Wildman–Crippen LogP) is 5.43. The molecular weight excluding hydrogens is 328 g/mol. The van der Waals surface area contributed by atoms with Crippen LogP contribution in [0.5, 0.6) is 5.75 Å². The van der Waals surface area contributed by atoms with E-state index < -0.39 is 0 Å².